The highest BCUT2D eigenvalue weighted by Crippen LogP contribution is 2.19. The molecule has 1 atom stereocenters. The Morgan fingerprint density at radius 1 is 1.25 bits per heavy atom. The molecule has 1 aromatic carbocycles. The van der Waals surface area contributed by atoms with Crippen molar-refractivity contribution < 1.29 is 4.79 Å². The predicted octanol–water partition coefficient (Wildman–Crippen LogP) is 2.31. The van der Waals surface area contributed by atoms with Crippen LogP contribution in [0, 0.1) is 12.3 Å². The Labute approximate surface area is 97.0 Å². The van der Waals surface area contributed by atoms with Crippen molar-refractivity contribution in [1.82, 2.24) is 0 Å². The zero-order chi connectivity index (χ0) is 12.3. The highest BCUT2D eigenvalue weighted by molar-refractivity contribution is 5.95. The van der Waals surface area contributed by atoms with Gasteiger partial charge in [-0.15, -0.1) is 0 Å². The van der Waals surface area contributed by atoms with Crippen molar-refractivity contribution in [3.8, 4) is 0 Å². The van der Waals surface area contributed by atoms with Gasteiger partial charge in [-0.05, 0) is 24.5 Å². The number of amides is 1. The maximum absolute atomic E-state index is 11.8. The van der Waals surface area contributed by atoms with Crippen LogP contribution in [0.2, 0.25) is 0 Å². The SMILES string of the molecule is Cc1ccc(NC(=O)C(N)C(C)(C)C)cc1. The number of aryl methyl sites for hydroxylation is 1. The molecule has 0 radical (unpaired) electrons. The lowest BCUT2D eigenvalue weighted by Crippen LogP contribution is -2.45. The van der Waals surface area contributed by atoms with E-state index in [1.54, 1.807) is 0 Å². The fourth-order valence-corrected chi connectivity index (χ4v) is 1.25. The van der Waals surface area contributed by atoms with Crippen LogP contribution in [0.25, 0.3) is 0 Å². The first-order valence-electron chi connectivity index (χ1n) is 5.44. The van der Waals surface area contributed by atoms with Crippen molar-refractivity contribution in [3.63, 3.8) is 0 Å². The van der Waals surface area contributed by atoms with Crippen LogP contribution in [0.5, 0.6) is 0 Å². The summed E-state index contributed by atoms with van der Waals surface area (Å²) in [6, 6.07) is 7.16. The Hall–Kier alpha value is -1.35. The minimum absolute atomic E-state index is 0.142. The lowest BCUT2D eigenvalue weighted by molar-refractivity contribution is -0.119. The summed E-state index contributed by atoms with van der Waals surface area (Å²) in [7, 11) is 0. The summed E-state index contributed by atoms with van der Waals surface area (Å²) < 4.78 is 0. The molecule has 0 aliphatic carbocycles. The molecule has 1 aromatic rings. The van der Waals surface area contributed by atoms with E-state index in [-0.39, 0.29) is 11.3 Å². The summed E-state index contributed by atoms with van der Waals surface area (Å²) in [5.41, 5.74) is 7.58. The lowest BCUT2D eigenvalue weighted by atomic mass is 9.87. The predicted molar refractivity (Wildman–Crippen MR) is 67.2 cm³/mol. The summed E-state index contributed by atoms with van der Waals surface area (Å²) in [5, 5.41) is 2.81. The van der Waals surface area contributed by atoms with Gasteiger partial charge >= 0.3 is 0 Å². The van der Waals surface area contributed by atoms with Gasteiger partial charge in [0.15, 0.2) is 0 Å². The Morgan fingerprint density at radius 3 is 2.19 bits per heavy atom. The summed E-state index contributed by atoms with van der Waals surface area (Å²) in [4.78, 5) is 11.8. The molecule has 0 heterocycles. The van der Waals surface area contributed by atoms with E-state index in [4.69, 9.17) is 5.73 Å². The first-order valence-corrected chi connectivity index (χ1v) is 5.44. The van der Waals surface area contributed by atoms with E-state index in [9.17, 15) is 4.79 Å². The van der Waals surface area contributed by atoms with Gasteiger partial charge in [0, 0.05) is 5.69 Å². The van der Waals surface area contributed by atoms with Crippen LogP contribution in [0.3, 0.4) is 0 Å². The number of anilines is 1. The van der Waals surface area contributed by atoms with Gasteiger partial charge in [0.1, 0.15) is 0 Å². The molecule has 1 amide bonds. The van der Waals surface area contributed by atoms with Crippen molar-refractivity contribution in [1.29, 1.82) is 0 Å². The minimum atomic E-state index is -0.506. The van der Waals surface area contributed by atoms with Gasteiger partial charge < -0.3 is 11.1 Å². The molecule has 0 bridgehead atoms. The van der Waals surface area contributed by atoms with E-state index >= 15 is 0 Å². The molecule has 0 saturated carbocycles. The third-order valence-electron chi connectivity index (χ3n) is 2.53. The highest BCUT2D eigenvalue weighted by atomic mass is 16.2. The third-order valence-corrected chi connectivity index (χ3v) is 2.53. The molecule has 0 aliphatic heterocycles. The smallest absolute Gasteiger partial charge is 0.241 e. The molecule has 0 aromatic heterocycles. The number of rotatable bonds is 2. The Kier molecular flexibility index (Phi) is 3.70. The third kappa shape index (κ3) is 3.35. The van der Waals surface area contributed by atoms with Gasteiger partial charge in [-0.2, -0.15) is 0 Å². The number of carbonyl (C=O) groups excluding carboxylic acids is 1. The molecular weight excluding hydrogens is 200 g/mol. The number of carbonyl (C=O) groups is 1. The standard InChI is InChI=1S/C13H20N2O/c1-9-5-7-10(8-6-9)15-12(16)11(14)13(2,3)4/h5-8,11H,14H2,1-4H3,(H,15,16). The second-order valence-electron chi connectivity index (χ2n) is 5.20. The Balaban J connectivity index is 2.68. The first-order chi connectivity index (χ1) is 7.30. The fourth-order valence-electron chi connectivity index (χ4n) is 1.25. The molecule has 3 heteroatoms. The molecular formula is C13H20N2O. The molecule has 3 nitrogen and oxygen atoms in total. The average Bonchev–Trinajstić information content (AvgIpc) is 2.19. The normalized spacial score (nSPS) is 13.3. The van der Waals surface area contributed by atoms with Crippen LogP contribution in [0.1, 0.15) is 26.3 Å². The lowest BCUT2D eigenvalue weighted by Gasteiger charge is -2.25. The Morgan fingerprint density at radius 2 is 1.75 bits per heavy atom. The van der Waals surface area contributed by atoms with E-state index in [0.29, 0.717) is 0 Å². The zero-order valence-electron chi connectivity index (χ0n) is 10.4. The van der Waals surface area contributed by atoms with Crippen molar-refractivity contribution in [2.45, 2.75) is 33.7 Å². The second kappa shape index (κ2) is 4.66. The minimum Gasteiger partial charge on any atom is -0.325 e. The number of nitrogens with one attached hydrogen (secondary N) is 1. The van der Waals surface area contributed by atoms with Crippen LogP contribution in [-0.2, 0) is 4.79 Å². The van der Waals surface area contributed by atoms with Crippen LogP contribution in [-0.4, -0.2) is 11.9 Å². The largest absolute Gasteiger partial charge is 0.325 e. The number of hydrogen-bond donors (Lipinski definition) is 2. The molecule has 0 spiro atoms. The van der Waals surface area contributed by atoms with E-state index in [0.717, 1.165) is 11.3 Å². The van der Waals surface area contributed by atoms with Gasteiger partial charge in [0.25, 0.3) is 0 Å². The van der Waals surface area contributed by atoms with Crippen LogP contribution >= 0.6 is 0 Å². The van der Waals surface area contributed by atoms with Crippen molar-refractivity contribution >= 4 is 11.6 Å². The van der Waals surface area contributed by atoms with E-state index in [1.165, 1.54) is 0 Å². The molecule has 1 unspecified atom stereocenters. The van der Waals surface area contributed by atoms with Crippen LogP contribution < -0.4 is 11.1 Å². The maximum atomic E-state index is 11.8. The van der Waals surface area contributed by atoms with Crippen LogP contribution in [0.4, 0.5) is 5.69 Å². The van der Waals surface area contributed by atoms with Crippen molar-refractivity contribution in [2.24, 2.45) is 11.1 Å². The van der Waals surface area contributed by atoms with Gasteiger partial charge in [0.2, 0.25) is 5.91 Å². The summed E-state index contributed by atoms with van der Waals surface area (Å²) in [6.07, 6.45) is 0. The molecule has 0 fully saturated rings. The Bertz CT molecular complexity index is 363. The summed E-state index contributed by atoms with van der Waals surface area (Å²) >= 11 is 0. The van der Waals surface area contributed by atoms with Gasteiger partial charge in [-0.3, -0.25) is 4.79 Å². The van der Waals surface area contributed by atoms with E-state index in [1.807, 2.05) is 52.0 Å². The second-order valence-corrected chi connectivity index (χ2v) is 5.20. The fraction of sp³-hybridized carbons (Fsp3) is 0.462. The van der Waals surface area contributed by atoms with Gasteiger partial charge in [-0.1, -0.05) is 38.5 Å². The average molecular weight is 220 g/mol. The topological polar surface area (TPSA) is 55.1 Å². The molecule has 1 rings (SSSR count). The van der Waals surface area contributed by atoms with Crippen molar-refractivity contribution in [3.05, 3.63) is 29.8 Å². The zero-order valence-corrected chi connectivity index (χ0v) is 10.4. The summed E-state index contributed by atoms with van der Waals surface area (Å²) in [6.45, 7) is 7.86. The molecule has 16 heavy (non-hydrogen) atoms. The molecule has 0 aliphatic rings. The first kappa shape index (κ1) is 12.7. The monoisotopic (exact) mass is 220 g/mol. The quantitative estimate of drug-likeness (QED) is 0.803. The van der Waals surface area contributed by atoms with E-state index in [2.05, 4.69) is 5.32 Å². The van der Waals surface area contributed by atoms with Gasteiger partial charge in [-0.25, -0.2) is 0 Å². The highest BCUT2D eigenvalue weighted by Gasteiger charge is 2.27. The van der Waals surface area contributed by atoms with Crippen molar-refractivity contribution in [2.75, 3.05) is 5.32 Å². The number of hydrogen-bond acceptors (Lipinski definition) is 2. The number of benzene rings is 1. The maximum Gasteiger partial charge on any atom is 0.241 e. The molecule has 0 saturated heterocycles. The van der Waals surface area contributed by atoms with Crippen LogP contribution in [0.15, 0.2) is 24.3 Å². The van der Waals surface area contributed by atoms with E-state index < -0.39 is 6.04 Å². The molecule has 88 valence electrons. The van der Waals surface area contributed by atoms with Gasteiger partial charge in [0.05, 0.1) is 6.04 Å². The molecule has 3 N–H and O–H groups in total. The summed E-state index contributed by atoms with van der Waals surface area (Å²) in [5.74, 6) is -0.142. The number of nitrogens with two attached hydrogens (primary N) is 1.